The van der Waals surface area contributed by atoms with Crippen LogP contribution in [-0.2, 0) is 22.6 Å². The van der Waals surface area contributed by atoms with Gasteiger partial charge in [0.25, 0.3) is 5.91 Å². The minimum absolute atomic E-state index is 0.0282. The second kappa shape index (κ2) is 9.20. The number of rotatable bonds is 8. The van der Waals surface area contributed by atoms with E-state index in [1.54, 1.807) is 23.5 Å². The third-order valence-electron chi connectivity index (χ3n) is 3.78. The zero-order chi connectivity index (χ0) is 17.4. The summed E-state index contributed by atoms with van der Waals surface area (Å²) in [5.74, 6) is -0.332. The maximum Gasteiger partial charge on any atom is 0.337 e. The van der Waals surface area contributed by atoms with E-state index in [9.17, 15) is 9.59 Å². The molecule has 6 heteroatoms. The van der Waals surface area contributed by atoms with Gasteiger partial charge in [-0.2, -0.15) is 0 Å². The van der Waals surface area contributed by atoms with Crippen LogP contribution < -0.4 is 10.2 Å². The van der Waals surface area contributed by atoms with Crippen LogP contribution in [0.2, 0.25) is 0 Å². The average molecular weight is 347 g/mol. The number of nitrogens with one attached hydrogen (secondary N) is 2. The first kappa shape index (κ1) is 18.2. The van der Waals surface area contributed by atoms with E-state index < -0.39 is 0 Å². The maximum absolute atomic E-state index is 12.1. The predicted molar refractivity (Wildman–Crippen MR) is 94.0 cm³/mol. The van der Waals surface area contributed by atoms with Gasteiger partial charge in [-0.1, -0.05) is 18.2 Å². The van der Waals surface area contributed by atoms with Gasteiger partial charge in [0, 0.05) is 6.54 Å². The van der Waals surface area contributed by atoms with Crippen molar-refractivity contribution in [2.24, 2.45) is 0 Å². The molecule has 1 aromatic carbocycles. The molecule has 24 heavy (non-hydrogen) atoms. The number of hydrogen-bond donors (Lipinski definition) is 2. The molecule has 2 N–H and O–H groups in total. The molecule has 0 saturated carbocycles. The van der Waals surface area contributed by atoms with Crippen LogP contribution in [0, 0.1) is 0 Å². The second-order valence-electron chi connectivity index (χ2n) is 5.50. The molecule has 1 atom stereocenters. The van der Waals surface area contributed by atoms with Gasteiger partial charge in [-0.3, -0.25) is 4.79 Å². The van der Waals surface area contributed by atoms with Gasteiger partial charge in [0.15, 0.2) is 6.54 Å². The van der Waals surface area contributed by atoms with Crippen LogP contribution in [0.4, 0.5) is 0 Å². The van der Waals surface area contributed by atoms with Crippen molar-refractivity contribution in [3.63, 3.8) is 0 Å². The number of amides is 1. The molecule has 0 bridgehead atoms. The highest BCUT2D eigenvalue weighted by molar-refractivity contribution is 7.09. The number of likely N-dealkylation sites (N-methyl/N-ethyl adjacent to an activating group) is 1. The largest absolute Gasteiger partial charge is 0.465 e. The zero-order valence-electron chi connectivity index (χ0n) is 14.0. The fraction of sp³-hybridized carbons (Fsp3) is 0.333. The molecule has 0 aliphatic rings. The highest BCUT2D eigenvalue weighted by atomic mass is 32.1. The molecule has 0 aliphatic heterocycles. The number of esters is 1. The van der Waals surface area contributed by atoms with E-state index in [4.69, 9.17) is 0 Å². The lowest BCUT2D eigenvalue weighted by Gasteiger charge is -2.16. The SMILES string of the molecule is CC[NH+](CC(=O)NCc1ccc(C(=O)OC)cc1)Cc1cccs1. The van der Waals surface area contributed by atoms with E-state index in [1.807, 2.05) is 18.2 Å². The Labute approximate surface area is 146 Å². The number of quaternary nitrogens is 1. The second-order valence-corrected chi connectivity index (χ2v) is 6.53. The highest BCUT2D eigenvalue weighted by Gasteiger charge is 2.13. The first-order chi connectivity index (χ1) is 11.6. The molecule has 128 valence electrons. The number of carbonyl (C=O) groups is 2. The van der Waals surface area contributed by atoms with E-state index in [0.29, 0.717) is 18.7 Å². The maximum atomic E-state index is 12.1. The number of carbonyl (C=O) groups excluding carboxylic acids is 2. The van der Waals surface area contributed by atoms with Gasteiger partial charge in [-0.15, -0.1) is 11.3 Å². The molecule has 1 aromatic heterocycles. The van der Waals surface area contributed by atoms with Crippen molar-refractivity contribution < 1.29 is 19.2 Å². The Morgan fingerprint density at radius 3 is 2.54 bits per heavy atom. The number of benzene rings is 1. The van der Waals surface area contributed by atoms with Gasteiger partial charge in [-0.05, 0) is 36.1 Å². The fourth-order valence-electron chi connectivity index (χ4n) is 2.34. The average Bonchev–Trinajstić information content (AvgIpc) is 3.12. The van der Waals surface area contributed by atoms with Crippen molar-refractivity contribution in [2.45, 2.75) is 20.0 Å². The minimum Gasteiger partial charge on any atom is -0.465 e. The Hall–Kier alpha value is -2.18. The Bertz CT molecular complexity index is 653. The normalized spacial score (nSPS) is 11.8. The highest BCUT2D eigenvalue weighted by Crippen LogP contribution is 2.06. The number of hydrogen-bond acceptors (Lipinski definition) is 4. The van der Waals surface area contributed by atoms with Crippen molar-refractivity contribution in [3.05, 3.63) is 57.8 Å². The van der Waals surface area contributed by atoms with Crippen molar-refractivity contribution >= 4 is 23.2 Å². The lowest BCUT2D eigenvalue weighted by Crippen LogP contribution is -3.11. The lowest BCUT2D eigenvalue weighted by atomic mass is 10.1. The van der Waals surface area contributed by atoms with Gasteiger partial charge in [-0.25, -0.2) is 4.79 Å². The van der Waals surface area contributed by atoms with Crippen LogP contribution in [0.15, 0.2) is 41.8 Å². The smallest absolute Gasteiger partial charge is 0.337 e. The van der Waals surface area contributed by atoms with Gasteiger partial charge in [0.1, 0.15) is 6.54 Å². The first-order valence-electron chi connectivity index (χ1n) is 7.92. The lowest BCUT2D eigenvalue weighted by molar-refractivity contribution is -0.903. The molecule has 2 aromatic rings. The van der Waals surface area contributed by atoms with Crippen molar-refractivity contribution in [1.29, 1.82) is 0 Å². The molecular weight excluding hydrogens is 324 g/mol. The van der Waals surface area contributed by atoms with Crippen LogP contribution in [-0.4, -0.2) is 32.1 Å². The van der Waals surface area contributed by atoms with Gasteiger partial charge >= 0.3 is 5.97 Å². The van der Waals surface area contributed by atoms with Crippen molar-refractivity contribution in [2.75, 3.05) is 20.2 Å². The summed E-state index contributed by atoms with van der Waals surface area (Å²) in [5, 5.41) is 4.99. The van der Waals surface area contributed by atoms with Crippen LogP contribution >= 0.6 is 11.3 Å². The molecule has 0 spiro atoms. The van der Waals surface area contributed by atoms with Crippen LogP contribution in [0.1, 0.15) is 27.7 Å². The number of ether oxygens (including phenoxy) is 1. The van der Waals surface area contributed by atoms with E-state index >= 15 is 0 Å². The molecule has 1 amide bonds. The topological polar surface area (TPSA) is 59.8 Å². The monoisotopic (exact) mass is 347 g/mol. The number of methoxy groups -OCH3 is 1. The first-order valence-corrected chi connectivity index (χ1v) is 8.80. The Morgan fingerprint density at radius 1 is 1.21 bits per heavy atom. The predicted octanol–water partition coefficient (Wildman–Crippen LogP) is 1.26. The van der Waals surface area contributed by atoms with E-state index in [2.05, 4.69) is 28.4 Å². The molecule has 2 rings (SSSR count). The standard InChI is InChI=1S/C18H22N2O3S/c1-3-20(12-16-5-4-10-24-16)13-17(21)19-11-14-6-8-15(9-7-14)18(22)23-2/h4-10H,3,11-13H2,1-2H3,(H,19,21)/p+1. The van der Waals surface area contributed by atoms with Crippen LogP contribution in [0.25, 0.3) is 0 Å². The van der Waals surface area contributed by atoms with Crippen LogP contribution in [0.5, 0.6) is 0 Å². The summed E-state index contributed by atoms with van der Waals surface area (Å²) >= 11 is 1.72. The number of thiophene rings is 1. The molecule has 5 nitrogen and oxygen atoms in total. The van der Waals surface area contributed by atoms with E-state index in [0.717, 1.165) is 18.7 Å². The summed E-state index contributed by atoms with van der Waals surface area (Å²) in [7, 11) is 1.36. The summed E-state index contributed by atoms with van der Waals surface area (Å²) in [6.45, 7) is 4.77. The Kier molecular flexibility index (Phi) is 6.96. The quantitative estimate of drug-likeness (QED) is 0.707. The van der Waals surface area contributed by atoms with Crippen LogP contribution in [0.3, 0.4) is 0 Å². The van der Waals surface area contributed by atoms with Gasteiger partial charge < -0.3 is 15.0 Å². The van der Waals surface area contributed by atoms with Crippen molar-refractivity contribution in [1.82, 2.24) is 5.32 Å². The summed E-state index contributed by atoms with van der Waals surface area (Å²) in [6.07, 6.45) is 0. The van der Waals surface area contributed by atoms with Gasteiger partial charge in [0.05, 0.1) is 24.1 Å². The van der Waals surface area contributed by atoms with E-state index in [1.165, 1.54) is 16.9 Å². The Morgan fingerprint density at radius 2 is 1.96 bits per heavy atom. The summed E-state index contributed by atoms with van der Waals surface area (Å²) in [4.78, 5) is 26.0. The fourth-order valence-corrected chi connectivity index (χ4v) is 3.12. The van der Waals surface area contributed by atoms with Gasteiger partial charge in [0.2, 0.25) is 0 Å². The molecule has 0 fully saturated rings. The third kappa shape index (κ3) is 5.47. The van der Waals surface area contributed by atoms with Crippen molar-refractivity contribution in [3.8, 4) is 0 Å². The molecular formula is C18H23N2O3S+. The molecule has 0 saturated heterocycles. The summed E-state index contributed by atoms with van der Waals surface area (Å²) in [5.41, 5.74) is 1.46. The molecule has 1 heterocycles. The minimum atomic E-state index is -0.360. The summed E-state index contributed by atoms with van der Waals surface area (Å²) in [6, 6.07) is 11.2. The Balaban J connectivity index is 1.80. The molecule has 1 unspecified atom stereocenters. The third-order valence-corrected chi connectivity index (χ3v) is 4.66. The molecule has 0 radical (unpaired) electrons. The van der Waals surface area contributed by atoms with E-state index in [-0.39, 0.29) is 11.9 Å². The summed E-state index contributed by atoms with van der Waals surface area (Å²) < 4.78 is 4.66. The molecule has 0 aliphatic carbocycles. The zero-order valence-corrected chi connectivity index (χ0v) is 14.8.